The zero-order chi connectivity index (χ0) is 14.9. The first-order valence-corrected chi connectivity index (χ1v) is 7.67. The summed E-state index contributed by atoms with van der Waals surface area (Å²) >= 11 is 0. The fourth-order valence-electron chi connectivity index (χ4n) is 2.70. The Morgan fingerprint density at radius 1 is 0.810 bits per heavy atom. The molecular weight excluding hydrogens is 265 g/mol. The number of rotatable bonds is 4. The fourth-order valence-corrected chi connectivity index (χ4v) is 2.70. The van der Waals surface area contributed by atoms with E-state index in [2.05, 4.69) is 64.7 Å². The molecule has 0 aliphatic heterocycles. The van der Waals surface area contributed by atoms with Crippen molar-refractivity contribution in [2.45, 2.75) is 59.3 Å². The van der Waals surface area contributed by atoms with Gasteiger partial charge in [0.25, 0.3) is 0 Å². The summed E-state index contributed by atoms with van der Waals surface area (Å²) in [5.74, 6) is 1.59. The minimum atomic E-state index is 0. The Hall–Kier alpha value is -0.500. The Balaban J connectivity index is 0.00000220. The van der Waals surface area contributed by atoms with Gasteiger partial charge in [-0.3, -0.25) is 0 Å². The molecule has 0 radical (unpaired) electrons. The maximum atomic E-state index is 4.55. The predicted molar refractivity (Wildman–Crippen MR) is 87.5 cm³/mol. The van der Waals surface area contributed by atoms with Crippen LogP contribution in [0.3, 0.4) is 0 Å². The molecule has 0 spiro atoms. The molecule has 0 amide bonds. The van der Waals surface area contributed by atoms with Crippen molar-refractivity contribution in [3.05, 3.63) is 47.2 Å². The number of nitrogens with zero attached hydrogens (tertiary/aromatic N) is 1. The van der Waals surface area contributed by atoms with Gasteiger partial charge in [0.05, 0.1) is 0 Å². The third kappa shape index (κ3) is 4.03. The molecule has 0 saturated heterocycles. The summed E-state index contributed by atoms with van der Waals surface area (Å²) in [5, 5.41) is 0. The summed E-state index contributed by atoms with van der Waals surface area (Å²) in [4.78, 5) is 4.55. The molecule has 0 saturated carbocycles. The Kier molecular flexibility index (Phi) is 6.77. The second-order valence-corrected chi connectivity index (χ2v) is 6.56. The summed E-state index contributed by atoms with van der Waals surface area (Å²) < 4.78 is 0. The SMILES string of the molecule is CC(C)c1cc(C(C)C)c(-c2ccc[n-]2)c(C(C)C)c1.[Na+]. The van der Waals surface area contributed by atoms with Gasteiger partial charge < -0.3 is 4.98 Å². The number of benzene rings is 1. The molecule has 1 nitrogen and oxygen atoms in total. The van der Waals surface area contributed by atoms with Gasteiger partial charge in [0.15, 0.2) is 0 Å². The van der Waals surface area contributed by atoms with E-state index >= 15 is 0 Å². The van der Waals surface area contributed by atoms with Crippen LogP contribution in [-0.4, -0.2) is 0 Å². The largest absolute Gasteiger partial charge is 1.00 e. The van der Waals surface area contributed by atoms with Gasteiger partial charge >= 0.3 is 29.6 Å². The standard InChI is InChI=1S/C19H26N.Na/c1-12(2)15-10-16(13(3)4)19(17(11-15)14(5)6)18-8-7-9-20-18;/h7-14H,1-6H3;/q-1;+1. The Morgan fingerprint density at radius 2 is 1.33 bits per heavy atom. The van der Waals surface area contributed by atoms with Crippen molar-refractivity contribution in [3.8, 4) is 11.3 Å². The van der Waals surface area contributed by atoms with Crippen LogP contribution in [0.15, 0.2) is 30.5 Å². The number of hydrogen-bond donors (Lipinski definition) is 0. The van der Waals surface area contributed by atoms with Gasteiger partial charge in [-0.25, -0.2) is 0 Å². The van der Waals surface area contributed by atoms with Crippen LogP contribution in [0.2, 0.25) is 0 Å². The average molecular weight is 291 g/mol. The first kappa shape index (κ1) is 18.5. The molecule has 2 rings (SSSR count). The molecule has 0 aliphatic carbocycles. The molecule has 0 aliphatic rings. The van der Waals surface area contributed by atoms with Crippen LogP contribution in [0.5, 0.6) is 0 Å². The third-order valence-corrected chi connectivity index (χ3v) is 3.94. The van der Waals surface area contributed by atoms with Crippen molar-refractivity contribution in [2.75, 3.05) is 0 Å². The quantitative estimate of drug-likeness (QED) is 0.790. The molecule has 0 fully saturated rings. The van der Waals surface area contributed by atoms with Crippen molar-refractivity contribution < 1.29 is 29.6 Å². The zero-order valence-electron chi connectivity index (χ0n) is 14.6. The minimum Gasteiger partial charge on any atom is -0.664 e. The van der Waals surface area contributed by atoms with E-state index in [1.54, 1.807) is 0 Å². The Labute approximate surface area is 151 Å². The first-order valence-electron chi connectivity index (χ1n) is 7.67. The summed E-state index contributed by atoms with van der Waals surface area (Å²) in [6, 6.07) is 8.92. The second kappa shape index (κ2) is 7.67. The Bertz CT molecular complexity index is 536. The molecule has 1 aromatic carbocycles. The van der Waals surface area contributed by atoms with Crippen molar-refractivity contribution in [1.29, 1.82) is 0 Å². The molecule has 0 unspecified atom stereocenters. The first-order chi connectivity index (χ1) is 9.41. The molecule has 21 heavy (non-hydrogen) atoms. The van der Waals surface area contributed by atoms with Crippen molar-refractivity contribution in [1.82, 2.24) is 4.98 Å². The normalized spacial score (nSPS) is 11.3. The zero-order valence-corrected chi connectivity index (χ0v) is 16.6. The summed E-state index contributed by atoms with van der Waals surface area (Å²) in [5.41, 5.74) is 6.77. The van der Waals surface area contributed by atoms with Gasteiger partial charge in [0, 0.05) is 0 Å². The molecule has 0 atom stereocenters. The van der Waals surface area contributed by atoms with Crippen LogP contribution < -0.4 is 34.5 Å². The Morgan fingerprint density at radius 3 is 1.67 bits per heavy atom. The maximum Gasteiger partial charge on any atom is 1.00 e. The molecule has 1 heterocycles. The van der Waals surface area contributed by atoms with Crippen LogP contribution >= 0.6 is 0 Å². The molecule has 0 bridgehead atoms. The second-order valence-electron chi connectivity index (χ2n) is 6.56. The fraction of sp³-hybridized carbons (Fsp3) is 0.474. The van der Waals surface area contributed by atoms with E-state index in [-0.39, 0.29) is 29.6 Å². The van der Waals surface area contributed by atoms with Gasteiger partial charge in [0.1, 0.15) is 0 Å². The summed E-state index contributed by atoms with van der Waals surface area (Å²) in [7, 11) is 0. The minimum absolute atomic E-state index is 0. The van der Waals surface area contributed by atoms with Gasteiger partial charge in [-0.15, -0.1) is 5.69 Å². The summed E-state index contributed by atoms with van der Waals surface area (Å²) in [6.45, 7) is 13.6. The van der Waals surface area contributed by atoms with E-state index in [4.69, 9.17) is 0 Å². The van der Waals surface area contributed by atoms with E-state index in [1.807, 2.05) is 12.3 Å². The van der Waals surface area contributed by atoms with Crippen molar-refractivity contribution in [3.63, 3.8) is 0 Å². The monoisotopic (exact) mass is 291 g/mol. The number of aromatic nitrogens is 1. The summed E-state index contributed by atoms with van der Waals surface area (Å²) in [6.07, 6.45) is 1.89. The van der Waals surface area contributed by atoms with Gasteiger partial charge in [0.2, 0.25) is 0 Å². The van der Waals surface area contributed by atoms with Crippen LogP contribution in [0.4, 0.5) is 0 Å². The maximum absolute atomic E-state index is 4.55. The average Bonchev–Trinajstić information content (AvgIpc) is 2.90. The van der Waals surface area contributed by atoms with E-state index in [1.165, 1.54) is 22.3 Å². The molecule has 1 aromatic heterocycles. The molecule has 108 valence electrons. The van der Waals surface area contributed by atoms with E-state index < -0.39 is 0 Å². The van der Waals surface area contributed by atoms with Crippen LogP contribution in [0, 0.1) is 0 Å². The molecule has 2 heteroatoms. The van der Waals surface area contributed by atoms with Crippen LogP contribution in [-0.2, 0) is 0 Å². The topological polar surface area (TPSA) is 14.1 Å². The smallest absolute Gasteiger partial charge is 0.664 e. The van der Waals surface area contributed by atoms with Crippen molar-refractivity contribution in [2.24, 2.45) is 0 Å². The van der Waals surface area contributed by atoms with E-state index in [0.29, 0.717) is 17.8 Å². The number of hydrogen-bond acceptors (Lipinski definition) is 0. The predicted octanol–water partition coefficient (Wildman–Crippen LogP) is 2.69. The van der Waals surface area contributed by atoms with Gasteiger partial charge in [-0.05, 0) is 40.0 Å². The van der Waals surface area contributed by atoms with E-state index in [0.717, 1.165) is 5.69 Å². The van der Waals surface area contributed by atoms with Crippen molar-refractivity contribution >= 4 is 0 Å². The third-order valence-electron chi connectivity index (χ3n) is 3.94. The molecule has 2 aromatic rings. The van der Waals surface area contributed by atoms with Gasteiger partial charge in [-0.2, -0.15) is 6.20 Å². The molecule has 0 N–H and O–H groups in total. The van der Waals surface area contributed by atoms with Crippen LogP contribution in [0.25, 0.3) is 11.3 Å². The van der Waals surface area contributed by atoms with Gasteiger partial charge in [-0.1, -0.05) is 65.8 Å². The van der Waals surface area contributed by atoms with E-state index in [9.17, 15) is 0 Å². The van der Waals surface area contributed by atoms with Crippen LogP contribution in [0.1, 0.15) is 76.0 Å². The molecular formula is C19H26NNa.